The quantitative estimate of drug-likeness (QED) is 0.427. The van der Waals surface area contributed by atoms with Crippen LogP contribution in [0.5, 0.6) is 0 Å². The van der Waals surface area contributed by atoms with Crippen LogP contribution in [0.25, 0.3) is 0 Å². The second kappa shape index (κ2) is 3.45. The zero-order valence-electron chi connectivity index (χ0n) is 7.58. The fourth-order valence-corrected chi connectivity index (χ4v) is 2.87. The Balaban J connectivity index is 2.67. The predicted octanol–water partition coefficient (Wildman–Crippen LogP) is 1.02. The van der Waals surface area contributed by atoms with Gasteiger partial charge in [0.15, 0.2) is 0 Å². The van der Waals surface area contributed by atoms with Crippen LogP contribution >= 0.6 is 0 Å². The molecule has 3 N–H and O–H groups in total. The Kier molecular flexibility index (Phi) is 2.93. The predicted molar refractivity (Wildman–Crippen MR) is 48.5 cm³/mol. The normalized spacial score (nSPS) is 25.0. The highest BCUT2D eigenvalue weighted by atomic mass is 28.4. The molecule has 12 heavy (non-hydrogen) atoms. The van der Waals surface area contributed by atoms with Crippen molar-refractivity contribution in [1.29, 1.82) is 0 Å². The van der Waals surface area contributed by atoms with E-state index >= 15 is 0 Å². The first kappa shape index (κ1) is 10.2. The Morgan fingerprint density at radius 3 is 1.67 bits per heavy atom. The molecule has 0 unspecified atom stereocenters. The molecular weight excluding hydrogens is 172 g/mol. The first-order chi connectivity index (χ1) is 5.46. The highest BCUT2D eigenvalue weighted by molar-refractivity contribution is 6.59. The lowest BCUT2D eigenvalue weighted by Crippen LogP contribution is -2.47. The summed E-state index contributed by atoms with van der Waals surface area (Å²) in [5.74, 6) is 0. The third-order valence-electron chi connectivity index (χ3n) is 3.02. The maximum atomic E-state index is 9.28. The van der Waals surface area contributed by atoms with Gasteiger partial charge in [0.1, 0.15) is 0 Å². The van der Waals surface area contributed by atoms with Crippen LogP contribution in [-0.2, 0) is 0 Å². The number of hydrogen-bond donors (Lipinski definition) is 3. The van der Waals surface area contributed by atoms with Crippen molar-refractivity contribution < 1.29 is 14.4 Å². The number of rotatable bonds is 1. The van der Waals surface area contributed by atoms with Gasteiger partial charge in [0.05, 0.1) is 0 Å². The molecule has 1 aliphatic carbocycles. The van der Waals surface area contributed by atoms with Gasteiger partial charge in [-0.05, 0) is 12.8 Å². The summed E-state index contributed by atoms with van der Waals surface area (Å²) < 4.78 is 0. The van der Waals surface area contributed by atoms with Gasteiger partial charge in [-0.2, -0.15) is 0 Å². The average molecular weight is 190 g/mol. The summed E-state index contributed by atoms with van der Waals surface area (Å²) in [5.41, 5.74) is 0. The lowest BCUT2D eigenvalue weighted by atomic mass is 10.0. The van der Waals surface area contributed by atoms with Crippen molar-refractivity contribution in [3.05, 3.63) is 0 Å². The molecular formula is C8H18O3Si. The molecule has 0 atom stereocenters. The molecule has 1 fully saturated rings. The van der Waals surface area contributed by atoms with E-state index in [1.165, 1.54) is 0 Å². The van der Waals surface area contributed by atoms with Crippen LogP contribution in [0.4, 0.5) is 0 Å². The molecule has 0 radical (unpaired) electrons. The minimum Gasteiger partial charge on any atom is -0.390 e. The molecule has 0 aromatic carbocycles. The lowest BCUT2D eigenvalue weighted by molar-refractivity contribution is 0.172. The first-order valence-corrected chi connectivity index (χ1v) is 6.47. The molecule has 0 saturated heterocycles. The Bertz CT molecular complexity index is 145. The lowest BCUT2D eigenvalue weighted by Gasteiger charge is -2.32. The average Bonchev–Trinajstić information content (AvgIpc) is 2.12. The van der Waals surface area contributed by atoms with Gasteiger partial charge in [-0.25, -0.2) is 0 Å². The molecule has 1 aliphatic rings. The van der Waals surface area contributed by atoms with Crippen molar-refractivity contribution in [1.82, 2.24) is 0 Å². The molecule has 0 heterocycles. The van der Waals surface area contributed by atoms with Crippen LogP contribution in [0.2, 0.25) is 5.04 Å². The molecule has 0 aliphatic heterocycles. The monoisotopic (exact) mass is 190 g/mol. The Labute approximate surface area is 74.4 Å². The Morgan fingerprint density at radius 2 is 1.33 bits per heavy atom. The van der Waals surface area contributed by atoms with Crippen molar-refractivity contribution in [3.8, 4) is 0 Å². The van der Waals surface area contributed by atoms with E-state index < -0.39 is 13.8 Å². The molecule has 0 spiro atoms. The molecule has 0 amide bonds. The van der Waals surface area contributed by atoms with E-state index in [0.29, 0.717) is 0 Å². The number of hydrogen-bond acceptors (Lipinski definition) is 3. The molecule has 1 rings (SSSR count). The van der Waals surface area contributed by atoms with Crippen molar-refractivity contribution in [2.75, 3.05) is 0 Å². The van der Waals surface area contributed by atoms with E-state index in [9.17, 15) is 14.4 Å². The SMILES string of the molecule is CC1([Si](O)(O)O)CCCCCC1. The third kappa shape index (κ3) is 2.07. The van der Waals surface area contributed by atoms with E-state index in [2.05, 4.69) is 0 Å². The minimum atomic E-state index is -3.91. The van der Waals surface area contributed by atoms with E-state index in [-0.39, 0.29) is 0 Å². The maximum absolute atomic E-state index is 9.28. The van der Waals surface area contributed by atoms with Crippen LogP contribution in [0.15, 0.2) is 0 Å². The van der Waals surface area contributed by atoms with Crippen LogP contribution in [0, 0.1) is 0 Å². The second-order valence-corrected chi connectivity index (χ2v) is 6.59. The second-order valence-electron chi connectivity index (χ2n) is 4.11. The molecule has 1 saturated carbocycles. The van der Waals surface area contributed by atoms with Crippen molar-refractivity contribution in [2.45, 2.75) is 50.5 Å². The van der Waals surface area contributed by atoms with Gasteiger partial charge in [0.2, 0.25) is 0 Å². The zero-order valence-corrected chi connectivity index (χ0v) is 8.58. The smallest absolute Gasteiger partial charge is 0.390 e. The molecule has 3 nitrogen and oxygen atoms in total. The molecule has 0 bridgehead atoms. The summed E-state index contributed by atoms with van der Waals surface area (Å²) in [6, 6.07) is 0. The van der Waals surface area contributed by atoms with E-state index in [4.69, 9.17) is 0 Å². The first-order valence-electron chi connectivity index (χ1n) is 4.63. The Hall–Kier alpha value is 0.0969. The molecule has 72 valence electrons. The van der Waals surface area contributed by atoms with Crippen molar-refractivity contribution >= 4 is 8.80 Å². The van der Waals surface area contributed by atoms with E-state index in [1.54, 1.807) is 6.92 Å². The van der Waals surface area contributed by atoms with Gasteiger partial charge in [0, 0.05) is 5.04 Å². The zero-order chi connectivity index (χ0) is 9.24. The summed E-state index contributed by atoms with van der Waals surface area (Å²) >= 11 is 0. The van der Waals surface area contributed by atoms with Gasteiger partial charge >= 0.3 is 8.80 Å². The fraction of sp³-hybridized carbons (Fsp3) is 1.00. The van der Waals surface area contributed by atoms with Crippen LogP contribution in [0.1, 0.15) is 45.4 Å². The topological polar surface area (TPSA) is 60.7 Å². The molecule has 4 heteroatoms. The third-order valence-corrected chi connectivity index (χ3v) is 5.14. The Morgan fingerprint density at radius 1 is 0.917 bits per heavy atom. The van der Waals surface area contributed by atoms with Gasteiger partial charge in [-0.1, -0.05) is 32.6 Å². The highest BCUT2D eigenvalue weighted by Gasteiger charge is 2.49. The van der Waals surface area contributed by atoms with Gasteiger partial charge in [-0.3, -0.25) is 0 Å². The minimum absolute atomic E-state index is 0.594. The van der Waals surface area contributed by atoms with Crippen LogP contribution in [-0.4, -0.2) is 23.2 Å². The highest BCUT2D eigenvalue weighted by Crippen LogP contribution is 2.45. The van der Waals surface area contributed by atoms with Crippen molar-refractivity contribution in [3.63, 3.8) is 0 Å². The van der Waals surface area contributed by atoms with E-state index in [1.807, 2.05) is 0 Å². The van der Waals surface area contributed by atoms with Gasteiger partial charge < -0.3 is 14.4 Å². The summed E-state index contributed by atoms with van der Waals surface area (Å²) in [6.45, 7) is 1.80. The van der Waals surface area contributed by atoms with Gasteiger partial charge in [0.25, 0.3) is 0 Å². The summed E-state index contributed by atoms with van der Waals surface area (Å²) in [5, 5.41) is -0.594. The van der Waals surface area contributed by atoms with Crippen LogP contribution in [0.3, 0.4) is 0 Å². The summed E-state index contributed by atoms with van der Waals surface area (Å²) in [4.78, 5) is 27.8. The largest absolute Gasteiger partial charge is 0.498 e. The fourth-order valence-electron chi connectivity index (χ4n) is 1.84. The molecule has 0 aromatic rings. The summed E-state index contributed by atoms with van der Waals surface area (Å²) in [7, 11) is -3.91. The summed E-state index contributed by atoms with van der Waals surface area (Å²) in [6.07, 6.45) is 5.82. The molecule has 0 aromatic heterocycles. The van der Waals surface area contributed by atoms with E-state index in [0.717, 1.165) is 38.5 Å². The van der Waals surface area contributed by atoms with Gasteiger partial charge in [-0.15, -0.1) is 0 Å². The van der Waals surface area contributed by atoms with Crippen LogP contribution < -0.4 is 0 Å². The van der Waals surface area contributed by atoms with Crippen molar-refractivity contribution in [2.24, 2.45) is 0 Å². The standard InChI is InChI=1S/C8H18O3Si/c1-8(12(9,10)11)6-4-2-3-5-7-8/h9-11H,2-7H2,1H3. The maximum Gasteiger partial charge on any atom is 0.498 e.